The number of aryl methyl sites for hydroxylation is 2. The van der Waals surface area contributed by atoms with Crippen molar-refractivity contribution in [3.8, 4) is 0 Å². The zero-order valence-corrected chi connectivity index (χ0v) is 22.2. The van der Waals surface area contributed by atoms with Crippen LogP contribution in [0.3, 0.4) is 0 Å². The lowest BCUT2D eigenvalue weighted by Crippen LogP contribution is -2.46. The lowest BCUT2D eigenvalue weighted by molar-refractivity contribution is 0.0169. The molecule has 3 N–H and O–H groups in total. The SMILES string of the molecule is CCNC(=NCC(C)(O)c1cc(C)oc1C)NCC(c1ccc(F)cc1)N1CCOCC1.I. The van der Waals surface area contributed by atoms with Crippen molar-refractivity contribution in [3.63, 3.8) is 0 Å². The highest BCUT2D eigenvalue weighted by Gasteiger charge is 2.28. The molecule has 1 aliphatic rings. The molecule has 3 rings (SSSR count). The summed E-state index contributed by atoms with van der Waals surface area (Å²) in [6, 6.07) is 8.55. The van der Waals surface area contributed by atoms with Gasteiger partial charge in [-0.3, -0.25) is 4.90 Å². The molecule has 7 nitrogen and oxygen atoms in total. The van der Waals surface area contributed by atoms with Gasteiger partial charge in [-0.05, 0) is 51.5 Å². The minimum atomic E-state index is -1.15. The van der Waals surface area contributed by atoms with E-state index in [2.05, 4.69) is 20.5 Å². The maximum Gasteiger partial charge on any atom is 0.191 e. The van der Waals surface area contributed by atoms with Gasteiger partial charge in [-0.2, -0.15) is 0 Å². The molecule has 1 saturated heterocycles. The number of halogens is 2. The summed E-state index contributed by atoms with van der Waals surface area (Å²) in [5.74, 6) is 1.83. The van der Waals surface area contributed by atoms with E-state index in [1.165, 1.54) is 12.1 Å². The standard InChI is InChI=1S/C24H35FN4O3.HI/c1-5-26-23(28-16-24(4,30)21-14-17(2)32-18(21)3)27-15-22(29-10-12-31-13-11-29)19-6-8-20(25)9-7-19;/h6-9,14,22,30H,5,10-13,15-16H2,1-4H3,(H2,26,27,28);1H. The monoisotopic (exact) mass is 574 g/mol. The van der Waals surface area contributed by atoms with Crippen LogP contribution >= 0.6 is 24.0 Å². The highest BCUT2D eigenvalue weighted by atomic mass is 127. The van der Waals surface area contributed by atoms with Crippen molar-refractivity contribution in [2.75, 3.05) is 45.9 Å². The van der Waals surface area contributed by atoms with Gasteiger partial charge in [-0.25, -0.2) is 9.38 Å². The number of hydrogen-bond acceptors (Lipinski definition) is 5. The molecule has 33 heavy (non-hydrogen) atoms. The second-order valence-electron chi connectivity index (χ2n) is 8.39. The molecule has 1 aromatic carbocycles. The Morgan fingerprint density at radius 3 is 2.45 bits per heavy atom. The average molecular weight is 574 g/mol. The van der Waals surface area contributed by atoms with Crippen molar-refractivity contribution in [1.29, 1.82) is 0 Å². The summed E-state index contributed by atoms with van der Waals surface area (Å²) in [6.07, 6.45) is 0. The maximum absolute atomic E-state index is 13.5. The fourth-order valence-corrected chi connectivity index (χ4v) is 4.05. The van der Waals surface area contributed by atoms with Crippen LogP contribution in [0.2, 0.25) is 0 Å². The molecule has 1 aromatic heterocycles. The number of benzene rings is 1. The number of morpholine rings is 1. The van der Waals surface area contributed by atoms with E-state index in [-0.39, 0.29) is 42.4 Å². The lowest BCUT2D eigenvalue weighted by atomic mass is 9.96. The molecule has 1 fully saturated rings. The Bertz CT molecular complexity index is 896. The molecule has 2 heterocycles. The first-order valence-electron chi connectivity index (χ1n) is 11.2. The molecule has 184 valence electrons. The van der Waals surface area contributed by atoms with E-state index in [9.17, 15) is 9.50 Å². The predicted octanol–water partition coefficient (Wildman–Crippen LogP) is 3.49. The third-order valence-electron chi connectivity index (χ3n) is 5.71. The first-order chi connectivity index (χ1) is 15.3. The Morgan fingerprint density at radius 2 is 1.88 bits per heavy atom. The van der Waals surface area contributed by atoms with E-state index in [1.807, 2.05) is 39.0 Å². The summed E-state index contributed by atoms with van der Waals surface area (Å²) < 4.78 is 24.6. The second-order valence-corrected chi connectivity index (χ2v) is 8.39. The molecule has 2 atom stereocenters. The largest absolute Gasteiger partial charge is 0.466 e. The van der Waals surface area contributed by atoms with Gasteiger partial charge in [0.2, 0.25) is 0 Å². The van der Waals surface area contributed by atoms with Gasteiger partial charge in [0.1, 0.15) is 22.9 Å². The molecule has 0 bridgehead atoms. The summed E-state index contributed by atoms with van der Waals surface area (Å²) >= 11 is 0. The normalized spacial score (nSPS) is 17.7. The summed E-state index contributed by atoms with van der Waals surface area (Å²) in [5, 5.41) is 17.7. The van der Waals surface area contributed by atoms with Crippen LogP contribution in [-0.2, 0) is 10.3 Å². The zero-order valence-electron chi connectivity index (χ0n) is 19.9. The van der Waals surface area contributed by atoms with E-state index >= 15 is 0 Å². The number of furan rings is 1. The van der Waals surface area contributed by atoms with Crippen LogP contribution < -0.4 is 10.6 Å². The van der Waals surface area contributed by atoms with Crippen molar-refractivity contribution < 1.29 is 18.7 Å². The Balaban J connectivity index is 0.00000385. The Labute approximate surface area is 212 Å². The summed E-state index contributed by atoms with van der Waals surface area (Å²) in [6.45, 7) is 11.9. The summed E-state index contributed by atoms with van der Waals surface area (Å²) in [4.78, 5) is 6.97. The van der Waals surface area contributed by atoms with Gasteiger partial charge < -0.3 is 24.9 Å². The van der Waals surface area contributed by atoms with Crippen molar-refractivity contribution in [3.05, 3.63) is 58.8 Å². The van der Waals surface area contributed by atoms with Crippen LogP contribution in [0.25, 0.3) is 0 Å². The predicted molar refractivity (Wildman–Crippen MR) is 139 cm³/mol. The number of guanidine groups is 1. The molecule has 0 aliphatic carbocycles. The minimum Gasteiger partial charge on any atom is -0.466 e. The Morgan fingerprint density at radius 1 is 1.21 bits per heavy atom. The fourth-order valence-electron chi connectivity index (χ4n) is 4.05. The van der Waals surface area contributed by atoms with Crippen LogP contribution in [0.15, 0.2) is 39.7 Å². The zero-order chi connectivity index (χ0) is 23.1. The van der Waals surface area contributed by atoms with E-state index in [4.69, 9.17) is 9.15 Å². The molecule has 0 spiro atoms. The molecule has 0 amide bonds. The first-order valence-corrected chi connectivity index (χ1v) is 11.2. The minimum absolute atomic E-state index is 0. The molecule has 9 heteroatoms. The Hall–Kier alpha value is -1.69. The molecule has 2 unspecified atom stereocenters. The molecule has 1 aliphatic heterocycles. The number of nitrogens with zero attached hydrogens (tertiary/aromatic N) is 2. The topological polar surface area (TPSA) is 82.3 Å². The number of aliphatic hydroxyl groups is 1. The number of ether oxygens (including phenoxy) is 1. The van der Waals surface area contributed by atoms with Gasteiger partial charge in [0.15, 0.2) is 5.96 Å². The van der Waals surface area contributed by atoms with Gasteiger partial charge in [0.25, 0.3) is 0 Å². The van der Waals surface area contributed by atoms with Crippen molar-refractivity contribution in [2.24, 2.45) is 4.99 Å². The molecule has 2 aromatic rings. The molecule has 0 saturated carbocycles. The number of rotatable bonds is 8. The van der Waals surface area contributed by atoms with E-state index in [1.54, 1.807) is 6.92 Å². The number of aliphatic imine (C=N–C) groups is 1. The second kappa shape index (κ2) is 12.7. The van der Waals surface area contributed by atoms with E-state index < -0.39 is 5.60 Å². The van der Waals surface area contributed by atoms with Crippen LogP contribution in [-0.4, -0.2) is 61.9 Å². The van der Waals surface area contributed by atoms with Crippen LogP contribution in [0.5, 0.6) is 0 Å². The van der Waals surface area contributed by atoms with E-state index in [0.717, 1.165) is 30.0 Å². The van der Waals surface area contributed by atoms with Gasteiger partial charge in [-0.1, -0.05) is 12.1 Å². The van der Waals surface area contributed by atoms with Gasteiger partial charge in [-0.15, -0.1) is 24.0 Å². The van der Waals surface area contributed by atoms with Crippen LogP contribution in [0.4, 0.5) is 4.39 Å². The molecule has 0 radical (unpaired) electrons. The van der Waals surface area contributed by atoms with Gasteiger partial charge >= 0.3 is 0 Å². The third kappa shape index (κ3) is 7.66. The highest BCUT2D eigenvalue weighted by Crippen LogP contribution is 2.27. The van der Waals surface area contributed by atoms with Crippen LogP contribution in [0.1, 0.15) is 42.5 Å². The van der Waals surface area contributed by atoms with Crippen molar-refractivity contribution in [2.45, 2.75) is 39.3 Å². The maximum atomic E-state index is 13.5. The van der Waals surface area contributed by atoms with Gasteiger partial charge in [0, 0.05) is 31.7 Å². The van der Waals surface area contributed by atoms with E-state index in [0.29, 0.717) is 38.0 Å². The Kier molecular flexibility index (Phi) is 10.6. The highest BCUT2D eigenvalue weighted by molar-refractivity contribution is 14.0. The molecular formula is C24H36FIN4O3. The molecular weight excluding hydrogens is 538 g/mol. The number of hydrogen-bond donors (Lipinski definition) is 3. The lowest BCUT2D eigenvalue weighted by Gasteiger charge is -2.35. The smallest absolute Gasteiger partial charge is 0.191 e. The number of nitrogens with one attached hydrogen (secondary N) is 2. The van der Waals surface area contributed by atoms with Crippen molar-refractivity contribution in [1.82, 2.24) is 15.5 Å². The van der Waals surface area contributed by atoms with Crippen LogP contribution in [0, 0.1) is 19.7 Å². The first kappa shape index (κ1) is 27.6. The summed E-state index contributed by atoms with van der Waals surface area (Å²) in [5.41, 5.74) is 0.630. The average Bonchev–Trinajstić information content (AvgIpc) is 3.13. The van der Waals surface area contributed by atoms with Gasteiger partial charge in [0.05, 0.1) is 25.8 Å². The van der Waals surface area contributed by atoms with Crippen molar-refractivity contribution >= 4 is 29.9 Å². The summed E-state index contributed by atoms with van der Waals surface area (Å²) in [7, 11) is 0. The fraction of sp³-hybridized carbons (Fsp3) is 0.542. The third-order valence-corrected chi connectivity index (χ3v) is 5.71. The quantitative estimate of drug-likeness (QED) is 0.255.